The minimum Gasteiger partial charge on any atom is -0.260 e. The van der Waals surface area contributed by atoms with Gasteiger partial charge >= 0.3 is 0 Å². The minimum absolute atomic E-state index is 0.264. The first-order valence-corrected chi connectivity index (χ1v) is 7.44. The van der Waals surface area contributed by atoms with Gasteiger partial charge in [0.25, 0.3) is 0 Å². The normalized spacial score (nSPS) is 11.1. The summed E-state index contributed by atoms with van der Waals surface area (Å²) >= 11 is 0. The second-order valence-electron chi connectivity index (χ2n) is 5.51. The van der Waals surface area contributed by atoms with Crippen molar-refractivity contribution >= 4 is 11.0 Å². The van der Waals surface area contributed by atoms with Gasteiger partial charge in [-0.3, -0.25) is 5.10 Å². The lowest BCUT2D eigenvalue weighted by Crippen LogP contribution is -1.95. The molecule has 4 rings (SSSR count). The summed E-state index contributed by atoms with van der Waals surface area (Å²) < 4.78 is 27.2. The highest BCUT2D eigenvalue weighted by molar-refractivity contribution is 5.91. The topological polar surface area (TPSA) is 41.6 Å². The van der Waals surface area contributed by atoms with Gasteiger partial charge in [0, 0.05) is 23.6 Å². The molecule has 0 atom stereocenters. The van der Waals surface area contributed by atoms with Gasteiger partial charge in [-0.25, -0.2) is 13.8 Å². The van der Waals surface area contributed by atoms with E-state index in [2.05, 4.69) is 21.2 Å². The van der Waals surface area contributed by atoms with Crippen LogP contribution in [0.1, 0.15) is 11.1 Å². The Bertz CT molecular complexity index is 1010. The number of fused-ring (bicyclic) bond motifs is 1. The van der Waals surface area contributed by atoms with Crippen LogP contribution in [0, 0.1) is 17.7 Å². The molecule has 3 nitrogen and oxygen atoms in total. The highest BCUT2D eigenvalue weighted by atomic mass is 19.1. The summed E-state index contributed by atoms with van der Waals surface area (Å²) in [5.41, 5.74) is 3.46. The molecular formula is C19H12F2N3. The van der Waals surface area contributed by atoms with Crippen LogP contribution in [0.25, 0.3) is 22.3 Å². The first-order valence-electron chi connectivity index (χ1n) is 7.44. The fourth-order valence-electron chi connectivity index (χ4n) is 2.71. The predicted octanol–water partition coefficient (Wildman–Crippen LogP) is 4.29. The second kappa shape index (κ2) is 5.85. The van der Waals surface area contributed by atoms with E-state index in [1.54, 1.807) is 6.20 Å². The van der Waals surface area contributed by atoms with Crippen LogP contribution < -0.4 is 0 Å². The maximum atomic E-state index is 13.8. The van der Waals surface area contributed by atoms with E-state index in [-0.39, 0.29) is 6.42 Å². The number of H-pyrrole nitrogens is 1. The quantitative estimate of drug-likeness (QED) is 0.612. The van der Waals surface area contributed by atoms with Gasteiger partial charge < -0.3 is 0 Å². The molecule has 0 fully saturated rings. The standard InChI is InChI=1S/C19H12F2N3/c20-15-6-7-17(21)14(10-15)8-12-9-16-18(13-4-2-1-3-5-13)23-24-19(16)22-11-12/h2-7,9-11H,8H2,(H,22,23,24). The highest BCUT2D eigenvalue weighted by Gasteiger charge is 2.11. The molecule has 0 bridgehead atoms. The number of aromatic amines is 1. The van der Waals surface area contributed by atoms with Gasteiger partial charge in [-0.1, -0.05) is 24.3 Å². The molecule has 2 heterocycles. The lowest BCUT2D eigenvalue weighted by Gasteiger charge is -2.04. The van der Waals surface area contributed by atoms with Gasteiger partial charge in [0.2, 0.25) is 0 Å². The lowest BCUT2D eigenvalue weighted by atomic mass is 10.0. The van der Waals surface area contributed by atoms with Gasteiger partial charge in [-0.2, -0.15) is 5.10 Å². The third kappa shape index (κ3) is 2.65. The number of benzene rings is 2. The van der Waals surface area contributed by atoms with Crippen molar-refractivity contribution in [3.63, 3.8) is 0 Å². The fraction of sp³-hybridized carbons (Fsp3) is 0.0526. The average Bonchev–Trinajstić information content (AvgIpc) is 3.02. The SMILES string of the molecule is Fc1ccc(F)c(Cc2cnc3[nH]nc(-c4cc[c]cc4)c3c2)c1. The summed E-state index contributed by atoms with van der Waals surface area (Å²) in [7, 11) is 0. The summed E-state index contributed by atoms with van der Waals surface area (Å²) in [6, 6.07) is 15.8. The first kappa shape index (κ1) is 14.5. The molecule has 0 spiro atoms. The molecule has 1 radical (unpaired) electrons. The number of pyridine rings is 1. The number of hydrogen-bond acceptors (Lipinski definition) is 2. The van der Waals surface area contributed by atoms with Crippen LogP contribution in [-0.4, -0.2) is 15.2 Å². The van der Waals surface area contributed by atoms with E-state index >= 15 is 0 Å². The monoisotopic (exact) mass is 320 g/mol. The number of aromatic nitrogens is 3. The summed E-state index contributed by atoms with van der Waals surface area (Å²) in [5.74, 6) is -0.882. The molecule has 2 aromatic heterocycles. The van der Waals surface area contributed by atoms with Gasteiger partial charge in [0.15, 0.2) is 5.65 Å². The molecule has 0 aliphatic carbocycles. The van der Waals surface area contributed by atoms with Crippen LogP contribution in [0.5, 0.6) is 0 Å². The highest BCUT2D eigenvalue weighted by Crippen LogP contribution is 2.26. The Kier molecular flexibility index (Phi) is 3.54. The van der Waals surface area contributed by atoms with Crippen LogP contribution in [0.3, 0.4) is 0 Å². The van der Waals surface area contributed by atoms with Crippen LogP contribution in [0.4, 0.5) is 8.78 Å². The Labute approximate surface area is 137 Å². The maximum absolute atomic E-state index is 13.8. The third-order valence-corrected chi connectivity index (χ3v) is 3.87. The van der Waals surface area contributed by atoms with E-state index in [4.69, 9.17) is 0 Å². The van der Waals surface area contributed by atoms with Crippen molar-refractivity contribution in [2.24, 2.45) is 0 Å². The van der Waals surface area contributed by atoms with Crippen molar-refractivity contribution in [2.45, 2.75) is 6.42 Å². The number of nitrogens with zero attached hydrogens (tertiary/aromatic N) is 2. The molecule has 24 heavy (non-hydrogen) atoms. The molecule has 0 unspecified atom stereocenters. The Morgan fingerprint density at radius 3 is 2.71 bits per heavy atom. The maximum Gasteiger partial charge on any atom is 0.155 e. The van der Waals surface area contributed by atoms with Gasteiger partial charge in [-0.15, -0.1) is 0 Å². The molecule has 0 saturated heterocycles. The Morgan fingerprint density at radius 1 is 1.04 bits per heavy atom. The zero-order valence-corrected chi connectivity index (χ0v) is 12.6. The van der Waals surface area contributed by atoms with Crippen molar-refractivity contribution in [1.29, 1.82) is 0 Å². The summed E-state index contributed by atoms with van der Waals surface area (Å²) in [4.78, 5) is 4.33. The molecular weight excluding hydrogens is 308 g/mol. The smallest absolute Gasteiger partial charge is 0.155 e. The number of halogens is 2. The number of rotatable bonds is 3. The van der Waals surface area contributed by atoms with Crippen molar-refractivity contribution in [2.75, 3.05) is 0 Å². The number of nitrogens with one attached hydrogen (secondary N) is 1. The average molecular weight is 320 g/mol. The van der Waals surface area contributed by atoms with E-state index < -0.39 is 11.6 Å². The van der Waals surface area contributed by atoms with Gasteiger partial charge in [0.05, 0.1) is 0 Å². The van der Waals surface area contributed by atoms with E-state index in [0.717, 1.165) is 34.3 Å². The molecule has 1 N–H and O–H groups in total. The molecule has 2 aromatic carbocycles. The molecule has 0 aliphatic heterocycles. The van der Waals surface area contributed by atoms with E-state index in [1.807, 2.05) is 30.3 Å². The van der Waals surface area contributed by atoms with Gasteiger partial charge in [-0.05, 0) is 41.5 Å². The lowest BCUT2D eigenvalue weighted by molar-refractivity contribution is 0.588. The van der Waals surface area contributed by atoms with Crippen molar-refractivity contribution in [3.8, 4) is 11.3 Å². The van der Waals surface area contributed by atoms with Gasteiger partial charge in [0.1, 0.15) is 17.3 Å². The fourth-order valence-corrected chi connectivity index (χ4v) is 2.71. The van der Waals surface area contributed by atoms with E-state index in [9.17, 15) is 8.78 Å². The second-order valence-corrected chi connectivity index (χ2v) is 5.51. The van der Waals surface area contributed by atoms with Crippen LogP contribution in [0.2, 0.25) is 0 Å². The molecule has 0 aliphatic rings. The van der Waals surface area contributed by atoms with Crippen LogP contribution in [-0.2, 0) is 6.42 Å². The molecule has 0 saturated carbocycles. The van der Waals surface area contributed by atoms with Crippen LogP contribution >= 0.6 is 0 Å². The Balaban J connectivity index is 1.76. The van der Waals surface area contributed by atoms with Crippen molar-refractivity contribution in [3.05, 3.63) is 83.6 Å². The van der Waals surface area contributed by atoms with Crippen molar-refractivity contribution < 1.29 is 8.78 Å². The number of hydrogen-bond donors (Lipinski definition) is 1. The van der Waals surface area contributed by atoms with Crippen LogP contribution in [0.15, 0.2) is 54.7 Å². The largest absolute Gasteiger partial charge is 0.260 e. The minimum atomic E-state index is -0.454. The third-order valence-electron chi connectivity index (χ3n) is 3.87. The summed E-state index contributed by atoms with van der Waals surface area (Å²) in [6.07, 6.45) is 1.91. The zero-order valence-electron chi connectivity index (χ0n) is 12.6. The first-order chi connectivity index (χ1) is 11.7. The predicted molar refractivity (Wildman–Crippen MR) is 87.3 cm³/mol. The Hall–Kier alpha value is -3.08. The summed E-state index contributed by atoms with van der Waals surface area (Å²) in [5, 5.41) is 8.05. The van der Waals surface area contributed by atoms with E-state index in [0.29, 0.717) is 11.2 Å². The molecule has 117 valence electrons. The molecule has 5 heteroatoms. The molecule has 0 amide bonds. The zero-order chi connectivity index (χ0) is 16.5. The van der Waals surface area contributed by atoms with E-state index in [1.165, 1.54) is 6.07 Å². The van der Waals surface area contributed by atoms with Crippen molar-refractivity contribution in [1.82, 2.24) is 15.2 Å². The Morgan fingerprint density at radius 2 is 1.88 bits per heavy atom. The summed E-state index contributed by atoms with van der Waals surface area (Å²) in [6.45, 7) is 0. The molecule has 4 aromatic rings.